The minimum atomic E-state index is -0.514. The topological polar surface area (TPSA) is 89.6 Å². The van der Waals surface area contributed by atoms with Crippen LogP contribution in [0.1, 0.15) is 27.3 Å². The number of nitrogens with one attached hydrogen (secondary N) is 2. The number of rotatable bonds is 8. The van der Waals surface area contributed by atoms with E-state index >= 15 is 0 Å². The van der Waals surface area contributed by atoms with Gasteiger partial charge in [-0.1, -0.05) is 12.1 Å². The Balaban J connectivity index is 2.01. The number of para-hydroxylation sites is 1. The van der Waals surface area contributed by atoms with Gasteiger partial charge in [0.25, 0.3) is 5.91 Å². The molecular weight excluding hydrogens is 322 g/mol. The van der Waals surface area contributed by atoms with Crippen molar-refractivity contribution in [3.05, 3.63) is 53.9 Å². The zero-order chi connectivity index (χ0) is 18.1. The molecule has 0 aliphatic heterocycles. The first-order valence-electron chi connectivity index (χ1n) is 7.83. The Bertz CT molecular complexity index is 717. The summed E-state index contributed by atoms with van der Waals surface area (Å²) in [6.45, 7) is 1.44. The van der Waals surface area contributed by atoms with Crippen LogP contribution in [0.3, 0.4) is 0 Å². The van der Waals surface area contributed by atoms with Crippen molar-refractivity contribution in [1.29, 1.82) is 0 Å². The average molecular weight is 343 g/mol. The van der Waals surface area contributed by atoms with Crippen molar-refractivity contribution in [3.63, 3.8) is 0 Å². The summed E-state index contributed by atoms with van der Waals surface area (Å²) in [5.41, 5.74) is 1.74. The maximum atomic E-state index is 12.3. The normalized spacial score (nSPS) is 10.2. The van der Waals surface area contributed by atoms with E-state index in [2.05, 4.69) is 15.6 Å². The van der Waals surface area contributed by atoms with Gasteiger partial charge in [0.1, 0.15) is 5.69 Å². The van der Waals surface area contributed by atoms with E-state index in [0.717, 1.165) is 18.7 Å². The number of nitrogens with zero attached hydrogens (tertiary/aromatic N) is 1. The van der Waals surface area contributed by atoms with Crippen molar-refractivity contribution in [2.24, 2.45) is 0 Å². The third kappa shape index (κ3) is 5.29. The molecule has 2 N–H and O–H groups in total. The average Bonchev–Trinajstić information content (AvgIpc) is 2.65. The molecule has 0 radical (unpaired) electrons. The minimum absolute atomic E-state index is 0.252. The summed E-state index contributed by atoms with van der Waals surface area (Å²) in [4.78, 5) is 28.2. The van der Waals surface area contributed by atoms with Gasteiger partial charge in [-0.15, -0.1) is 0 Å². The first kappa shape index (κ1) is 18.4. The van der Waals surface area contributed by atoms with E-state index in [9.17, 15) is 9.59 Å². The first-order valence-corrected chi connectivity index (χ1v) is 7.83. The summed E-state index contributed by atoms with van der Waals surface area (Å²) >= 11 is 0. The number of hydrogen-bond acceptors (Lipinski definition) is 6. The number of hydrogen-bond donors (Lipinski definition) is 2. The highest BCUT2D eigenvalue weighted by atomic mass is 16.5. The molecule has 132 valence electrons. The molecule has 0 saturated heterocycles. The minimum Gasteiger partial charge on any atom is -0.465 e. The molecule has 1 heterocycles. The van der Waals surface area contributed by atoms with Crippen LogP contribution in [0.15, 0.2) is 42.6 Å². The number of carbonyl (C=O) groups excluding carboxylic acids is 2. The van der Waals surface area contributed by atoms with Gasteiger partial charge < -0.3 is 20.1 Å². The zero-order valence-corrected chi connectivity index (χ0v) is 14.2. The molecule has 0 bridgehead atoms. The fourth-order valence-corrected chi connectivity index (χ4v) is 2.15. The van der Waals surface area contributed by atoms with Gasteiger partial charge in [0.15, 0.2) is 0 Å². The lowest BCUT2D eigenvalue weighted by Gasteiger charge is -2.10. The Kier molecular flexibility index (Phi) is 6.91. The highest BCUT2D eigenvalue weighted by molar-refractivity contribution is 6.07. The molecule has 25 heavy (non-hydrogen) atoms. The van der Waals surface area contributed by atoms with E-state index in [1.807, 2.05) is 0 Å². The maximum Gasteiger partial charge on any atom is 0.339 e. The van der Waals surface area contributed by atoms with Crippen LogP contribution in [0.5, 0.6) is 0 Å². The number of benzene rings is 1. The summed E-state index contributed by atoms with van der Waals surface area (Å²) < 4.78 is 9.69. The van der Waals surface area contributed by atoms with E-state index in [0.29, 0.717) is 12.3 Å². The molecule has 0 fully saturated rings. The van der Waals surface area contributed by atoms with Crippen molar-refractivity contribution in [1.82, 2.24) is 4.98 Å². The Morgan fingerprint density at radius 2 is 1.92 bits per heavy atom. The van der Waals surface area contributed by atoms with Gasteiger partial charge in [-0.05, 0) is 30.7 Å². The predicted molar refractivity (Wildman–Crippen MR) is 95.0 cm³/mol. The molecule has 1 amide bonds. The number of pyridine rings is 1. The van der Waals surface area contributed by atoms with Gasteiger partial charge in [-0.2, -0.15) is 0 Å². The maximum absolute atomic E-state index is 12.3. The zero-order valence-electron chi connectivity index (χ0n) is 14.2. The van der Waals surface area contributed by atoms with E-state index in [1.54, 1.807) is 49.7 Å². The first-order chi connectivity index (χ1) is 12.2. The lowest BCUT2D eigenvalue weighted by molar-refractivity contribution is 0.0602. The van der Waals surface area contributed by atoms with Crippen molar-refractivity contribution >= 4 is 23.3 Å². The molecule has 1 aromatic carbocycles. The number of aromatic nitrogens is 1. The van der Waals surface area contributed by atoms with Gasteiger partial charge in [0.05, 0.1) is 30.2 Å². The van der Waals surface area contributed by atoms with Crippen LogP contribution >= 0.6 is 0 Å². The molecule has 0 aliphatic rings. The molecule has 2 rings (SSSR count). The summed E-state index contributed by atoms with van der Waals surface area (Å²) in [6.07, 6.45) is 2.47. The summed E-state index contributed by atoms with van der Waals surface area (Å²) in [6, 6.07) is 10.0. The largest absolute Gasteiger partial charge is 0.465 e. The molecule has 0 spiro atoms. The predicted octanol–water partition coefficient (Wildman–Crippen LogP) is 2.57. The van der Waals surface area contributed by atoms with E-state index in [4.69, 9.17) is 9.47 Å². The van der Waals surface area contributed by atoms with Crippen molar-refractivity contribution < 1.29 is 19.1 Å². The monoisotopic (exact) mass is 343 g/mol. The number of carbonyl (C=O) groups is 2. The van der Waals surface area contributed by atoms with E-state index < -0.39 is 11.9 Å². The second-order valence-corrected chi connectivity index (χ2v) is 5.20. The van der Waals surface area contributed by atoms with Crippen LogP contribution < -0.4 is 10.6 Å². The Morgan fingerprint density at radius 3 is 2.60 bits per heavy atom. The lowest BCUT2D eigenvalue weighted by Crippen LogP contribution is -2.16. The van der Waals surface area contributed by atoms with Crippen LogP contribution in [-0.2, 0) is 9.47 Å². The quantitative estimate of drug-likeness (QED) is 0.566. The molecule has 0 aliphatic carbocycles. The van der Waals surface area contributed by atoms with E-state index in [1.165, 1.54) is 7.11 Å². The summed E-state index contributed by atoms with van der Waals surface area (Å²) in [5.74, 6) is -0.915. The van der Waals surface area contributed by atoms with Crippen LogP contribution in [0, 0.1) is 0 Å². The molecule has 0 saturated carbocycles. The van der Waals surface area contributed by atoms with Crippen molar-refractivity contribution in [3.8, 4) is 0 Å². The number of esters is 1. The fourth-order valence-electron chi connectivity index (χ4n) is 2.15. The molecular formula is C18H21N3O4. The SMILES string of the molecule is COCCCNc1ccc(C(=O)Nc2ccccc2C(=O)OC)nc1. The van der Waals surface area contributed by atoms with Gasteiger partial charge in [0, 0.05) is 20.3 Å². The molecule has 0 unspecified atom stereocenters. The van der Waals surface area contributed by atoms with Crippen molar-refractivity contribution in [2.75, 3.05) is 38.0 Å². The van der Waals surface area contributed by atoms with Gasteiger partial charge >= 0.3 is 5.97 Å². The van der Waals surface area contributed by atoms with Gasteiger partial charge in [-0.25, -0.2) is 9.78 Å². The van der Waals surface area contributed by atoms with E-state index in [-0.39, 0.29) is 11.3 Å². The smallest absolute Gasteiger partial charge is 0.339 e. The number of anilines is 2. The molecule has 7 nitrogen and oxygen atoms in total. The molecule has 0 atom stereocenters. The number of ether oxygens (including phenoxy) is 2. The van der Waals surface area contributed by atoms with Gasteiger partial charge in [0.2, 0.25) is 0 Å². The number of methoxy groups -OCH3 is 2. The fraction of sp³-hybridized carbons (Fsp3) is 0.278. The second kappa shape index (κ2) is 9.39. The lowest BCUT2D eigenvalue weighted by atomic mass is 10.1. The summed E-state index contributed by atoms with van der Waals surface area (Å²) in [5, 5.41) is 5.87. The Hall–Kier alpha value is -2.93. The molecule has 7 heteroatoms. The molecule has 1 aromatic heterocycles. The summed E-state index contributed by atoms with van der Waals surface area (Å²) in [7, 11) is 2.95. The Labute approximate surface area is 146 Å². The third-order valence-corrected chi connectivity index (χ3v) is 3.43. The second-order valence-electron chi connectivity index (χ2n) is 5.20. The highest BCUT2D eigenvalue weighted by Gasteiger charge is 2.14. The van der Waals surface area contributed by atoms with Crippen LogP contribution in [0.25, 0.3) is 0 Å². The standard InChI is InChI=1S/C18H21N3O4/c1-24-11-5-10-19-13-8-9-16(20-12-13)17(22)21-15-7-4-3-6-14(15)18(23)25-2/h3-4,6-9,12,19H,5,10-11H2,1-2H3,(H,21,22). The molecule has 2 aromatic rings. The van der Waals surface area contributed by atoms with Crippen LogP contribution in [0.2, 0.25) is 0 Å². The highest BCUT2D eigenvalue weighted by Crippen LogP contribution is 2.17. The van der Waals surface area contributed by atoms with Gasteiger partial charge in [-0.3, -0.25) is 4.79 Å². The van der Waals surface area contributed by atoms with Crippen LogP contribution in [-0.4, -0.2) is 44.2 Å². The third-order valence-electron chi connectivity index (χ3n) is 3.43. The van der Waals surface area contributed by atoms with Crippen LogP contribution in [0.4, 0.5) is 11.4 Å². The number of amides is 1. The Morgan fingerprint density at radius 1 is 1.12 bits per heavy atom. The van der Waals surface area contributed by atoms with Crippen molar-refractivity contribution in [2.45, 2.75) is 6.42 Å².